The highest BCUT2D eigenvalue weighted by Gasteiger charge is 2.76. The quantitative estimate of drug-likeness (QED) is 0.170. The van der Waals surface area contributed by atoms with Gasteiger partial charge in [0.2, 0.25) is 5.79 Å². The molecule has 0 spiro atoms. The van der Waals surface area contributed by atoms with Gasteiger partial charge < -0.3 is 35.7 Å². The molecule has 0 aromatic heterocycles. The van der Waals surface area contributed by atoms with Gasteiger partial charge >= 0.3 is 0 Å². The van der Waals surface area contributed by atoms with Crippen molar-refractivity contribution in [1.82, 2.24) is 0 Å². The van der Waals surface area contributed by atoms with E-state index in [0.29, 0.717) is 6.92 Å². The van der Waals surface area contributed by atoms with Crippen LogP contribution in [0, 0.1) is 0 Å². The van der Waals surface area contributed by atoms with Crippen LogP contribution < -0.4 is 0 Å². The van der Waals surface area contributed by atoms with Crippen LogP contribution in [-0.4, -0.2) is 66.6 Å². The molecule has 92 valence electrons. The number of hydrogen-bond acceptors (Lipinski definition) is 7. The van der Waals surface area contributed by atoms with Gasteiger partial charge in [-0.3, -0.25) is 0 Å². The first kappa shape index (κ1) is 13.8. The summed E-state index contributed by atoms with van der Waals surface area (Å²) in [4.78, 5) is 0. The van der Waals surface area contributed by atoms with E-state index in [9.17, 15) is 35.7 Å². The van der Waals surface area contributed by atoms with E-state index < -0.39 is 34.7 Å². The first-order valence-corrected chi connectivity index (χ1v) is 4.56. The molecule has 1 fully saturated rings. The Morgan fingerprint density at radius 3 is 1.56 bits per heavy atom. The van der Waals surface area contributed by atoms with Gasteiger partial charge in [0.05, 0.1) is 7.85 Å². The fourth-order valence-electron chi connectivity index (χ4n) is 1.95. The van der Waals surface area contributed by atoms with Crippen molar-refractivity contribution >= 4 is 7.85 Å². The predicted octanol–water partition coefficient (Wildman–Crippen LogP) is -3.47. The smallest absolute Gasteiger partial charge is 0.253 e. The summed E-state index contributed by atoms with van der Waals surface area (Å²) in [6.07, 6.45) is -0.962. The molecule has 2 unspecified atom stereocenters. The van der Waals surface area contributed by atoms with Crippen LogP contribution in [-0.2, 0) is 0 Å². The Bertz CT molecular complexity index is 280. The van der Waals surface area contributed by atoms with Crippen molar-refractivity contribution < 1.29 is 35.7 Å². The largest absolute Gasteiger partial charge is 0.379 e. The van der Waals surface area contributed by atoms with Crippen LogP contribution in [0.2, 0.25) is 5.31 Å². The van der Waals surface area contributed by atoms with Gasteiger partial charge in [-0.1, -0.05) is 6.92 Å². The molecule has 7 N–H and O–H groups in total. The molecular weight excluding hydrogens is 219 g/mol. The molecule has 0 bridgehead atoms. The SMILES string of the molecule is [B]C1(C)CC(O)(O)C(O)(O)C(C)(O)C1(O)O. The zero-order valence-corrected chi connectivity index (χ0v) is 8.91. The fourth-order valence-corrected chi connectivity index (χ4v) is 1.95. The van der Waals surface area contributed by atoms with Crippen LogP contribution in [0.3, 0.4) is 0 Å². The topological polar surface area (TPSA) is 142 Å². The minimum atomic E-state index is -3.55. The van der Waals surface area contributed by atoms with Crippen molar-refractivity contribution in [3.63, 3.8) is 0 Å². The van der Waals surface area contributed by atoms with E-state index >= 15 is 0 Å². The molecule has 1 aliphatic carbocycles. The second-order valence-electron chi connectivity index (χ2n) is 4.83. The molecule has 1 saturated carbocycles. The first-order valence-electron chi connectivity index (χ1n) is 4.56. The first-order chi connectivity index (χ1) is 6.71. The predicted molar refractivity (Wildman–Crippen MR) is 50.9 cm³/mol. The zero-order chi connectivity index (χ0) is 13.2. The van der Waals surface area contributed by atoms with Crippen LogP contribution in [0.4, 0.5) is 0 Å². The highest BCUT2D eigenvalue weighted by atomic mass is 16.6. The van der Waals surface area contributed by atoms with Gasteiger partial charge in [0.1, 0.15) is 0 Å². The number of rotatable bonds is 0. The number of aliphatic hydroxyl groups is 7. The lowest BCUT2D eigenvalue weighted by molar-refractivity contribution is -0.482. The minimum absolute atomic E-state index is 0.623. The Morgan fingerprint density at radius 1 is 0.812 bits per heavy atom. The summed E-state index contributed by atoms with van der Waals surface area (Å²) in [5.41, 5.74) is -3.06. The van der Waals surface area contributed by atoms with E-state index in [4.69, 9.17) is 7.85 Å². The van der Waals surface area contributed by atoms with Crippen LogP contribution in [0.25, 0.3) is 0 Å². The molecule has 0 aliphatic heterocycles. The molecule has 0 heterocycles. The van der Waals surface area contributed by atoms with Gasteiger partial charge in [-0.05, 0) is 12.2 Å². The highest BCUT2D eigenvalue weighted by Crippen LogP contribution is 2.56. The van der Waals surface area contributed by atoms with Gasteiger partial charge in [-0.25, -0.2) is 0 Å². The summed E-state index contributed by atoms with van der Waals surface area (Å²) in [5.74, 6) is -9.87. The minimum Gasteiger partial charge on any atom is -0.379 e. The van der Waals surface area contributed by atoms with Gasteiger partial charge in [0.15, 0.2) is 11.4 Å². The summed E-state index contributed by atoms with van der Waals surface area (Å²) < 4.78 is 0. The molecule has 1 aliphatic rings. The van der Waals surface area contributed by atoms with Crippen molar-refractivity contribution in [2.24, 2.45) is 0 Å². The molecule has 7 nitrogen and oxygen atoms in total. The van der Waals surface area contributed by atoms with Crippen LogP contribution in [0.1, 0.15) is 20.3 Å². The van der Waals surface area contributed by atoms with Crippen molar-refractivity contribution in [3.05, 3.63) is 0 Å². The van der Waals surface area contributed by atoms with Crippen LogP contribution >= 0.6 is 0 Å². The summed E-state index contributed by atoms with van der Waals surface area (Å²) in [6.45, 7) is 1.65. The Hall–Kier alpha value is -0.215. The van der Waals surface area contributed by atoms with E-state index in [0.717, 1.165) is 6.92 Å². The van der Waals surface area contributed by atoms with E-state index in [1.807, 2.05) is 0 Å². The molecule has 1 rings (SSSR count). The van der Waals surface area contributed by atoms with Gasteiger partial charge in [0.25, 0.3) is 5.79 Å². The molecule has 0 saturated heterocycles. The molecule has 0 amide bonds. The fraction of sp³-hybridized carbons (Fsp3) is 1.00. The Labute approximate surface area is 93.0 Å². The summed E-state index contributed by atoms with van der Waals surface area (Å²) >= 11 is 0. The van der Waals surface area contributed by atoms with E-state index in [2.05, 4.69) is 0 Å². The normalized spacial score (nSPS) is 45.3. The molecule has 2 radical (unpaired) electrons. The van der Waals surface area contributed by atoms with Crippen molar-refractivity contribution in [1.29, 1.82) is 0 Å². The third-order valence-corrected chi connectivity index (χ3v) is 3.33. The second kappa shape index (κ2) is 2.96. The van der Waals surface area contributed by atoms with Gasteiger partial charge in [-0.2, -0.15) is 0 Å². The number of hydrogen-bond donors (Lipinski definition) is 7. The second-order valence-corrected chi connectivity index (χ2v) is 4.83. The standard InChI is InChI=1S/C8H15BO7/c1-4(9)3-6(11,12)8(15,16)5(2,10)7(4,13)14/h10-16H,3H2,1-2H3. The summed E-state index contributed by atoms with van der Waals surface area (Å²) in [5, 5.41) is 64.6. The Morgan fingerprint density at radius 2 is 1.19 bits per heavy atom. The third kappa shape index (κ3) is 1.29. The molecule has 0 aromatic carbocycles. The molecular formula is C8H15BO7. The third-order valence-electron chi connectivity index (χ3n) is 3.33. The van der Waals surface area contributed by atoms with Gasteiger partial charge in [0, 0.05) is 6.42 Å². The van der Waals surface area contributed by atoms with Crippen LogP contribution in [0.5, 0.6) is 0 Å². The lowest BCUT2D eigenvalue weighted by Gasteiger charge is -2.60. The highest BCUT2D eigenvalue weighted by molar-refractivity contribution is 6.16. The molecule has 16 heavy (non-hydrogen) atoms. The average Bonchev–Trinajstić information content (AvgIpc) is 1.98. The summed E-state index contributed by atoms with van der Waals surface area (Å²) in [6, 6.07) is 0. The maximum absolute atomic E-state index is 9.70. The molecule has 8 heteroatoms. The van der Waals surface area contributed by atoms with Crippen LogP contribution in [0.15, 0.2) is 0 Å². The molecule has 0 aromatic rings. The zero-order valence-electron chi connectivity index (χ0n) is 8.91. The van der Waals surface area contributed by atoms with E-state index in [1.54, 1.807) is 0 Å². The van der Waals surface area contributed by atoms with Crippen molar-refractivity contribution in [2.45, 2.75) is 48.5 Å². The lowest BCUT2D eigenvalue weighted by Crippen LogP contribution is -2.81. The average molecular weight is 234 g/mol. The molecule has 2 atom stereocenters. The Balaban J connectivity index is 3.43. The summed E-state index contributed by atoms with van der Waals surface area (Å²) in [7, 11) is 5.43. The monoisotopic (exact) mass is 234 g/mol. The maximum atomic E-state index is 9.70. The lowest BCUT2D eigenvalue weighted by atomic mass is 9.50. The van der Waals surface area contributed by atoms with Crippen molar-refractivity contribution in [3.8, 4) is 0 Å². The van der Waals surface area contributed by atoms with Crippen molar-refractivity contribution in [2.75, 3.05) is 0 Å². The Kier molecular flexibility index (Phi) is 2.57. The van der Waals surface area contributed by atoms with E-state index in [-0.39, 0.29) is 0 Å². The van der Waals surface area contributed by atoms with E-state index in [1.165, 1.54) is 0 Å². The van der Waals surface area contributed by atoms with Gasteiger partial charge in [-0.15, -0.1) is 0 Å². The maximum Gasteiger partial charge on any atom is 0.253 e.